The molecule has 6 nitrogen and oxygen atoms in total. The topological polar surface area (TPSA) is 86.7 Å². The molecule has 2 N–H and O–H groups in total. The molecule has 0 amide bonds. The number of rotatable bonds is 4. The van der Waals surface area contributed by atoms with Crippen molar-refractivity contribution in [3.05, 3.63) is 41.5 Å². The van der Waals surface area contributed by atoms with Crippen molar-refractivity contribution in [3.8, 4) is 0 Å². The molecule has 1 aliphatic rings. The van der Waals surface area contributed by atoms with Crippen LogP contribution in [0, 0.1) is 11.6 Å². The minimum absolute atomic E-state index is 0.126. The third kappa shape index (κ3) is 3.37. The van der Waals surface area contributed by atoms with E-state index in [-0.39, 0.29) is 13.1 Å². The lowest BCUT2D eigenvalue weighted by atomic mass is 10.2. The van der Waals surface area contributed by atoms with E-state index in [4.69, 9.17) is 5.11 Å². The van der Waals surface area contributed by atoms with E-state index in [9.17, 15) is 22.0 Å². The van der Waals surface area contributed by atoms with Crippen LogP contribution < -0.4 is 4.72 Å². The van der Waals surface area contributed by atoms with Crippen LogP contribution in [-0.2, 0) is 10.2 Å². The van der Waals surface area contributed by atoms with E-state index in [1.54, 1.807) is 6.08 Å². The van der Waals surface area contributed by atoms with Gasteiger partial charge in [0.2, 0.25) is 0 Å². The van der Waals surface area contributed by atoms with E-state index in [0.717, 1.165) is 4.31 Å². The van der Waals surface area contributed by atoms with Gasteiger partial charge in [-0.25, -0.2) is 13.6 Å². The highest BCUT2D eigenvalue weighted by atomic mass is 32.2. The summed E-state index contributed by atoms with van der Waals surface area (Å²) in [5.74, 6) is -4.27. The minimum atomic E-state index is -4.04. The first-order valence-electron chi connectivity index (χ1n) is 5.96. The SMILES string of the molecule is O=C(O)c1cc(F)c(F)cc1NS(=O)(=O)N1CC=CCC1. The molecule has 0 atom stereocenters. The average molecular weight is 318 g/mol. The van der Waals surface area contributed by atoms with Crippen LogP contribution in [0.25, 0.3) is 0 Å². The van der Waals surface area contributed by atoms with Crippen molar-refractivity contribution in [1.29, 1.82) is 0 Å². The van der Waals surface area contributed by atoms with Gasteiger partial charge in [0.25, 0.3) is 0 Å². The van der Waals surface area contributed by atoms with Crippen LogP contribution >= 0.6 is 0 Å². The minimum Gasteiger partial charge on any atom is -0.478 e. The molecular formula is C12H12F2N2O4S. The third-order valence-electron chi connectivity index (χ3n) is 2.89. The van der Waals surface area contributed by atoms with Gasteiger partial charge in [-0.3, -0.25) is 4.72 Å². The molecule has 114 valence electrons. The fourth-order valence-electron chi connectivity index (χ4n) is 1.85. The first-order valence-corrected chi connectivity index (χ1v) is 7.40. The van der Waals surface area contributed by atoms with Gasteiger partial charge in [-0.2, -0.15) is 12.7 Å². The second kappa shape index (κ2) is 5.78. The lowest BCUT2D eigenvalue weighted by Crippen LogP contribution is -2.38. The van der Waals surface area contributed by atoms with Gasteiger partial charge in [0.05, 0.1) is 11.3 Å². The summed E-state index contributed by atoms with van der Waals surface area (Å²) >= 11 is 0. The maximum atomic E-state index is 13.2. The molecule has 0 spiro atoms. The summed E-state index contributed by atoms with van der Waals surface area (Å²) in [4.78, 5) is 11.0. The molecule has 0 fully saturated rings. The van der Waals surface area contributed by atoms with Crippen LogP contribution in [0.5, 0.6) is 0 Å². The van der Waals surface area contributed by atoms with Gasteiger partial charge in [-0.15, -0.1) is 0 Å². The highest BCUT2D eigenvalue weighted by molar-refractivity contribution is 7.90. The fraction of sp³-hybridized carbons (Fsp3) is 0.250. The summed E-state index contributed by atoms with van der Waals surface area (Å²) < 4.78 is 53.5. The predicted molar refractivity (Wildman–Crippen MR) is 71.2 cm³/mol. The number of halogens is 2. The molecule has 9 heteroatoms. The monoisotopic (exact) mass is 318 g/mol. The highest BCUT2D eigenvalue weighted by Crippen LogP contribution is 2.22. The standard InChI is InChI=1S/C12H12F2N2O4S/c13-9-6-8(12(17)18)11(7-10(9)14)15-21(19,20)16-4-2-1-3-5-16/h1-2,6-7,15H,3-5H2,(H,17,18). The van der Waals surface area contributed by atoms with E-state index in [1.165, 1.54) is 0 Å². The molecule has 1 aliphatic heterocycles. The molecule has 0 aliphatic carbocycles. The summed E-state index contributed by atoms with van der Waals surface area (Å²) in [6, 6.07) is 0.946. The summed E-state index contributed by atoms with van der Waals surface area (Å²) in [6.45, 7) is 0.347. The molecular weight excluding hydrogens is 306 g/mol. The van der Waals surface area contributed by atoms with Crippen LogP contribution in [-0.4, -0.2) is 36.9 Å². The first-order chi connectivity index (χ1) is 9.81. The Balaban J connectivity index is 2.36. The van der Waals surface area contributed by atoms with Crippen molar-refractivity contribution >= 4 is 21.9 Å². The maximum absolute atomic E-state index is 13.2. The van der Waals surface area contributed by atoms with Crippen LogP contribution in [0.15, 0.2) is 24.3 Å². The smallest absolute Gasteiger partial charge is 0.337 e. The van der Waals surface area contributed by atoms with Crippen LogP contribution in [0.1, 0.15) is 16.8 Å². The van der Waals surface area contributed by atoms with Crippen molar-refractivity contribution in [3.63, 3.8) is 0 Å². The Hall–Kier alpha value is -2.00. The van der Waals surface area contributed by atoms with Gasteiger partial charge in [-0.1, -0.05) is 12.2 Å². The lowest BCUT2D eigenvalue weighted by Gasteiger charge is -2.23. The Morgan fingerprint density at radius 2 is 1.90 bits per heavy atom. The third-order valence-corrected chi connectivity index (χ3v) is 4.38. The molecule has 0 saturated carbocycles. The van der Waals surface area contributed by atoms with E-state index < -0.39 is 39.1 Å². The van der Waals surface area contributed by atoms with Gasteiger partial charge in [0.1, 0.15) is 0 Å². The molecule has 0 aromatic heterocycles. The number of carboxylic acids is 1. The zero-order chi connectivity index (χ0) is 15.6. The number of nitrogens with zero attached hydrogens (tertiary/aromatic N) is 1. The Kier molecular flexibility index (Phi) is 4.24. The van der Waals surface area contributed by atoms with Gasteiger partial charge in [-0.05, 0) is 12.5 Å². The van der Waals surface area contributed by atoms with E-state index in [2.05, 4.69) is 0 Å². The van der Waals surface area contributed by atoms with E-state index in [0.29, 0.717) is 18.6 Å². The van der Waals surface area contributed by atoms with Crippen LogP contribution in [0.2, 0.25) is 0 Å². The molecule has 0 bridgehead atoms. The zero-order valence-corrected chi connectivity index (χ0v) is 11.5. The van der Waals surface area contributed by atoms with Gasteiger partial charge in [0.15, 0.2) is 11.6 Å². The molecule has 1 aromatic carbocycles. The highest BCUT2D eigenvalue weighted by Gasteiger charge is 2.25. The number of hydrogen-bond acceptors (Lipinski definition) is 3. The summed E-state index contributed by atoms with van der Waals surface area (Å²) in [5.41, 5.74) is -1.18. The van der Waals surface area contributed by atoms with E-state index >= 15 is 0 Å². The normalized spacial score (nSPS) is 15.9. The van der Waals surface area contributed by atoms with Gasteiger partial charge >= 0.3 is 16.2 Å². The molecule has 1 heterocycles. The summed E-state index contributed by atoms with van der Waals surface area (Å²) in [6.07, 6.45) is 3.98. The fourth-order valence-corrected chi connectivity index (χ4v) is 3.05. The second-order valence-electron chi connectivity index (χ2n) is 4.34. The average Bonchev–Trinajstić information content (AvgIpc) is 2.43. The largest absolute Gasteiger partial charge is 0.478 e. The van der Waals surface area contributed by atoms with Gasteiger partial charge in [0, 0.05) is 19.2 Å². The Morgan fingerprint density at radius 3 is 2.48 bits per heavy atom. The Morgan fingerprint density at radius 1 is 1.24 bits per heavy atom. The second-order valence-corrected chi connectivity index (χ2v) is 6.01. The number of hydrogen-bond donors (Lipinski definition) is 2. The Bertz CT molecular complexity index is 703. The molecule has 0 saturated heterocycles. The summed E-state index contributed by atoms with van der Waals surface area (Å²) in [7, 11) is -4.04. The number of carboxylic acid groups (broad SMARTS) is 1. The number of anilines is 1. The van der Waals surface area contributed by atoms with Crippen molar-refractivity contribution < 1.29 is 27.1 Å². The number of carbonyl (C=O) groups is 1. The first kappa shape index (κ1) is 15.4. The zero-order valence-electron chi connectivity index (χ0n) is 10.7. The number of benzene rings is 1. The van der Waals surface area contributed by atoms with Gasteiger partial charge < -0.3 is 5.11 Å². The number of aromatic carboxylic acids is 1. The Labute approximate surface area is 119 Å². The van der Waals surface area contributed by atoms with Crippen molar-refractivity contribution in [2.24, 2.45) is 0 Å². The van der Waals surface area contributed by atoms with E-state index in [1.807, 2.05) is 10.8 Å². The summed E-state index contributed by atoms with van der Waals surface area (Å²) in [5, 5.41) is 8.94. The van der Waals surface area contributed by atoms with Crippen molar-refractivity contribution in [2.75, 3.05) is 17.8 Å². The van der Waals surface area contributed by atoms with Crippen molar-refractivity contribution in [1.82, 2.24) is 4.31 Å². The predicted octanol–water partition coefficient (Wildman–Crippen LogP) is 1.58. The molecule has 1 aromatic rings. The van der Waals surface area contributed by atoms with Crippen LogP contribution in [0.4, 0.5) is 14.5 Å². The molecule has 0 radical (unpaired) electrons. The molecule has 2 rings (SSSR count). The molecule has 21 heavy (non-hydrogen) atoms. The lowest BCUT2D eigenvalue weighted by molar-refractivity contribution is 0.0697. The quantitative estimate of drug-likeness (QED) is 0.825. The maximum Gasteiger partial charge on any atom is 0.337 e. The number of nitrogens with one attached hydrogen (secondary N) is 1. The molecule has 0 unspecified atom stereocenters. The van der Waals surface area contributed by atoms with Crippen LogP contribution in [0.3, 0.4) is 0 Å². The van der Waals surface area contributed by atoms with Crippen molar-refractivity contribution in [2.45, 2.75) is 6.42 Å².